The molecule has 12 heavy (non-hydrogen) atoms. The predicted octanol–water partition coefficient (Wildman–Crippen LogP) is 5.20. The lowest BCUT2D eigenvalue weighted by molar-refractivity contribution is 0.886. The second-order valence-electron chi connectivity index (χ2n) is 2.97. The van der Waals surface area contributed by atoms with Crippen molar-refractivity contribution in [1.82, 2.24) is 0 Å². The molecule has 1 aliphatic rings. The van der Waals surface area contributed by atoms with Crippen molar-refractivity contribution >= 4 is 0 Å². The fourth-order valence-electron chi connectivity index (χ4n) is 0.884. The second-order valence-corrected chi connectivity index (χ2v) is 2.97. The van der Waals surface area contributed by atoms with Crippen LogP contribution in [0.1, 0.15) is 67.2 Å². The van der Waals surface area contributed by atoms with Gasteiger partial charge < -0.3 is 0 Å². The van der Waals surface area contributed by atoms with Gasteiger partial charge in [-0.05, 0) is 13.8 Å². The van der Waals surface area contributed by atoms with Gasteiger partial charge >= 0.3 is 0 Å². The first kappa shape index (κ1) is 17.7. The molecule has 0 unspecified atom stereocenters. The molecule has 0 N–H and O–H groups in total. The molecule has 0 heterocycles. The molecule has 0 bridgehead atoms. The minimum atomic E-state index is 0. The van der Waals surface area contributed by atoms with Crippen LogP contribution in [0.15, 0.2) is 12.2 Å². The van der Waals surface area contributed by atoms with Gasteiger partial charge in [0.15, 0.2) is 0 Å². The van der Waals surface area contributed by atoms with Crippen molar-refractivity contribution in [3.8, 4) is 0 Å². The van der Waals surface area contributed by atoms with Gasteiger partial charge in [-0.15, -0.1) is 6.58 Å². The molecule has 1 aliphatic carbocycles. The van der Waals surface area contributed by atoms with Gasteiger partial charge in [-0.3, -0.25) is 0 Å². The van der Waals surface area contributed by atoms with E-state index >= 15 is 0 Å². The Morgan fingerprint density at radius 1 is 0.833 bits per heavy atom. The zero-order chi connectivity index (χ0) is 9.11. The number of hydrogen-bond donors (Lipinski definition) is 0. The fraction of sp³-hybridized carbons (Fsp3) is 0.833. The van der Waals surface area contributed by atoms with Crippen molar-refractivity contribution in [2.24, 2.45) is 0 Å². The Bertz CT molecular complexity index is 56.5. The molecule has 1 saturated carbocycles. The van der Waals surface area contributed by atoms with Crippen LogP contribution in [0.25, 0.3) is 0 Å². The van der Waals surface area contributed by atoms with E-state index in [4.69, 9.17) is 0 Å². The molecular weight excluding hydrogens is 144 g/mol. The van der Waals surface area contributed by atoms with Gasteiger partial charge in [-0.1, -0.05) is 59.0 Å². The third-order valence-electron chi connectivity index (χ3n) is 1.25. The summed E-state index contributed by atoms with van der Waals surface area (Å²) in [6.07, 6.45) is 7.50. The van der Waals surface area contributed by atoms with Crippen molar-refractivity contribution in [2.45, 2.75) is 67.2 Å². The second kappa shape index (κ2) is 17.0. The first-order valence-electron chi connectivity index (χ1n) is 4.85. The van der Waals surface area contributed by atoms with Gasteiger partial charge in [0, 0.05) is 0 Å². The standard InChI is InChI=1S/C5H10.C4H8.C2H6.CH4/c1-2-4-5-3-1;1-4(2)3;1-2;/h1-5H2;1H2,2-3H3;1-2H3;1H4. The molecule has 0 heteroatoms. The molecule has 0 nitrogen and oxygen atoms in total. The summed E-state index contributed by atoms with van der Waals surface area (Å²) in [5.74, 6) is 0. The van der Waals surface area contributed by atoms with Gasteiger partial charge in [-0.2, -0.15) is 0 Å². The normalized spacial score (nSPS) is 12.7. The maximum absolute atomic E-state index is 3.56. The van der Waals surface area contributed by atoms with Crippen molar-refractivity contribution in [2.75, 3.05) is 0 Å². The zero-order valence-corrected chi connectivity index (χ0v) is 8.74. The van der Waals surface area contributed by atoms with E-state index in [2.05, 4.69) is 6.58 Å². The summed E-state index contributed by atoms with van der Waals surface area (Å²) >= 11 is 0. The Morgan fingerprint density at radius 2 is 0.917 bits per heavy atom. The van der Waals surface area contributed by atoms with E-state index in [0.29, 0.717) is 0 Å². The number of allylic oxidation sites excluding steroid dienone is 1. The molecule has 1 fully saturated rings. The molecule has 0 radical (unpaired) electrons. The topological polar surface area (TPSA) is 0 Å². The lowest BCUT2D eigenvalue weighted by Gasteiger charge is -1.67. The highest BCUT2D eigenvalue weighted by Crippen LogP contribution is 2.15. The summed E-state index contributed by atoms with van der Waals surface area (Å²) in [7, 11) is 0. The lowest BCUT2D eigenvalue weighted by atomic mass is 10.4. The van der Waals surface area contributed by atoms with Crippen molar-refractivity contribution in [3.63, 3.8) is 0 Å². The van der Waals surface area contributed by atoms with Crippen LogP contribution in [0.2, 0.25) is 0 Å². The summed E-state index contributed by atoms with van der Waals surface area (Å²) < 4.78 is 0. The monoisotopic (exact) mass is 172 g/mol. The Morgan fingerprint density at radius 3 is 1.00 bits per heavy atom. The first-order valence-corrected chi connectivity index (χ1v) is 4.85. The SMILES string of the molecule is C.C1CCCC1.C=C(C)C.CC. The summed E-state index contributed by atoms with van der Waals surface area (Å²) in [6, 6.07) is 0. The minimum Gasteiger partial charge on any atom is -0.100 e. The summed E-state index contributed by atoms with van der Waals surface area (Å²) in [4.78, 5) is 0. The van der Waals surface area contributed by atoms with E-state index < -0.39 is 0 Å². The molecule has 0 aromatic rings. The summed E-state index contributed by atoms with van der Waals surface area (Å²) in [6.45, 7) is 11.5. The maximum atomic E-state index is 3.56. The number of rotatable bonds is 0. The minimum absolute atomic E-state index is 0. The van der Waals surface area contributed by atoms with E-state index in [9.17, 15) is 0 Å². The van der Waals surface area contributed by atoms with Crippen LogP contribution in [-0.4, -0.2) is 0 Å². The Hall–Kier alpha value is -0.260. The van der Waals surface area contributed by atoms with E-state index in [1.54, 1.807) is 0 Å². The number of hydrogen-bond acceptors (Lipinski definition) is 0. The van der Waals surface area contributed by atoms with Gasteiger partial charge in [-0.25, -0.2) is 0 Å². The van der Waals surface area contributed by atoms with Crippen molar-refractivity contribution in [3.05, 3.63) is 12.2 Å². The fourth-order valence-corrected chi connectivity index (χ4v) is 0.884. The van der Waals surface area contributed by atoms with Gasteiger partial charge in [0.2, 0.25) is 0 Å². The summed E-state index contributed by atoms with van der Waals surface area (Å²) in [5, 5.41) is 0. The predicted molar refractivity (Wildman–Crippen MR) is 61.7 cm³/mol. The molecule has 1 rings (SSSR count). The van der Waals surface area contributed by atoms with E-state index in [1.807, 2.05) is 27.7 Å². The van der Waals surface area contributed by atoms with Gasteiger partial charge in [0.05, 0.1) is 0 Å². The Labute approximate surface area is 80.1 Å². The van der Waals surface area contributed by atoms with Crippen molar-refractivity contribution < 1.29 is 0 Å². The smallest absolute Gasteiger partial charge is 0.0445 e. The molecule has 76 valence electrons. The van der Waals surface area contributed by atoms with E-state index in [-0.39, 0.29) is 7.43 Å². The van der Waals surface area contributed by atoms with Crippen LogP contribution in [0, 0.1) is 0 Å². The van der Waals surface area contributed by atoms with Crippen LogP contribution >= 0.6 is 0 Å². The maximum Gasteiger partial charge on any atom is -0.0445 e. The quantitative estimate of drug-likeness (QED) is 0.441. The van der Waals surface area contributed by atoms with Crippen molar-refractivity contribution in [1.29, 1.82) is 0 Å². The highest BCUT2D eigenvalue weighted by molar-refractivity contribution is 4.78. The largest absolute Gasteiger partial charge is 0.100 e. The molecular formula is C12H28. The third kappa shape index (κ3) is 33.1. The van der Waals surface area contributed by atoms with Gasteiger partial charge in [0.25, 0.3) is 0 Å². The molecule has 0 saturated heterocycles. The van der Waals surface area contributed by atoms with Crippen LogP contribution in [0.5, 0.6) is 0 Å². The molecule has 0 amide bonds. The van der Waals surface area contributed by atoms with Gasteiger partial charge in [0.1, 0.15) is 0 Å². The van der Waals surface area contributed by atoms with E-state index in [0.717, 1.165) is 0 Å². The highest BCUT2D eigenvalue weighted by Gasteiger charge is 1.95. The molecule has 0 aromatic carbocycles. The Balaban J connectivity index is -0.000000107. The first-order chi connectivity index (χ1) is 5.23. The Kier molecular flexibility index (Phi) is 25.1. The molecule has 0 spiro atoms. The molecule has 0 aromatic heterocycles. The van der Waals surface area contributed by atoms with Crippen LogP contribution in [0.4, 0.5) is 0 Å². The molecule has 0 aliphatic heterocycles. The average Bonchev–Trinajstić information content (AvgIpc) is 2.44. The average molecular weight is 172 g/mol. The van der Waals surface area contributed by atoms with E-state index in [1.165, 1.54) is 37.7 Å². The molecule has 0 atom stereocenters. The third-order valence-corrected chi connectivity index (χ3v) is 1.25. The lowest BCUT2D eigenvalue weighted by Crippen LogP contribution is -1.47. The van der Waals surface area contributed by atoms with Crippen LogP contribution < -0.4 is 0 Å². The van der Waals surface area contributed by atoms with Crippen LogP contribution in [0.3, 0.4) is 0 Å². The summed E-state index contributed by atoms with van der Waals surface area (Å²) in [5.41, 5.74) is 1.17. The zero-order valence-electron chi connectivity index (χ0n) is 8.74. The highest BCUT2D eigenvalue weighted by atomic mass is 14.0. The van der Waals surface area contributed by atoms with Crippen LogP contribution in [-0.2, 0) is 0 Å².